The monoisotopic (exact) mass is 367 g/mol. The fraction of sp³-hybridized carbons (Fsp3) is 0.632. The van der Waals surface area contributed by atoms with Crippen LogP contribution in [0.3, 0.4) is 0 Å². The zero-order chi connectivity index (χ0) is 18.4. The molecule has 2 aliphatic rings. The van der Waals surface area contributed by atoms with Crippen molar-refractivity contribution in [2.75, 3.05) is 45.8 Å². The molecule has 5 nitrogen and oxygen atoms in total. The van der Waals surface area contributed by atoms with E-state index in [9.17, 15) is 13.6 Å². The molecule has 0 bridgehead atoms. The van der Waals surface area contributed by atoms with Crippen LogP contribution in [0.15, 0.2) is 30.3 Å². The topological polar surface area (TPSA) is 44.8 Å². The van der Waals surface area contributed by atoms with Gasteiger partial charge in [0.1, 0.15) is 6.61 Å². The Balaban J connectivity index is 1.41. The summed E-state index contributed by atoms with van der Waals surface area (Å²) < 4.78 is 34.3. The number of hydrogen-bond acceptors (Lipinski definition) is 4. The van der Waals surface area contributed by atoms with Crippen LogP contribution in [0, 0.1) is 5.92 Å². The van der Waals surface area contributed by atoms with Gasteiger partial charge in [0.05, 0.1) is 6.54 Å². The maximum absolute atomic E-state index is 14.5. The van der Waals surface area contributed by atoms with Crippen molar-refractivity contribution in [2.24, 2.45) is 5.92 Å². The number of halogens is 2. The molecule has 1 N–H and O–H groups in total. The molecule has 3 rings (SSSR count). The highest BCUT2D eigenvalue weighted by Crippen LogP contribution is 2.32. The predicted molar refractivity (Wildman–Crippen MR) is 95.2 cm³/mol. The second-order valence-electron chi connectivity index (χ2n) is 7.09. The lowest BCUT2D eigenvalue weighted by Gasteiger charge is -2.38. The van der Waals surface area contributed by atoms with Gasteiger partial charge < -0.3 is 15.0 Å². The van der Waals surface area contributed by atoms with E-state index in [-0.39, 0.29) is 19.2 Å². The van der Waals surface area contributed by atoms with E-state index in [1.54, 1.807) is 9.80 Å². The summed E-state index contributed by atoms with van der Waals surface area (Å²) in [6.45, 7) is 3.12. The Morgan fingerprint density at radius 1 is 1.12 bits per heavy atom. The van der Waals surface area contributed by atoms with Crippen molar-refractivity contribution in [3.05, 3.63) is 35.9 Å². The first-order valence-corrected chi connectivity index (χ1v) is 9.31. The van der Waals surface area contributed by atoms with E-state index in [4.69, 9.17) is 4.74 Å². The van der Waals surface area contributed by atoms with Gasteiger partial charge in [-0.25, -0.2) is 13.6 Å². The SMILES string of the molecule is O=C(OCc1ccccc1)N1CCN(CC(F)(F)C2CCNCC2)CC1. The normalized spacial score (nSPS) is 20.2. The van der Waals surface area contributed by atoms with Gasteiger partial charge in [-0.3, -0.25) is 4.90 Å². The van der Waals surface area contributed by atoms with Gasteiger partial charge in [-0.15, -0.1) is 0 Å². The van der Waals surface area contributed by atoms with Crippen LogP contribution in [-0.2, 0) is 11.3 Å². The van der Waals surface area contributed by atoms with Crippen LogP contribution in [0.2, 0.25) is 0 Å². The molecule has 0 saturated carbocycles. The van der Waals surface area contributed by atoms with Gasteiger partial charge in [-0.2, -0.15) is 0 Å². The van der Waals surface area contributed by atoms with Crippen LogP contribution in [0.4, 0.5) is 13.6 Å². The standard InChI is InChI=1S/C19H27F2N3O2/c20-19(21,17-6-8-22-9-7-17)15-23-10-12-24(13-11-23)18(25)26-14-16-4-2-1-3-5-16/h1-5,17,22H,6-15H2. The van der Waals surface area contributed by atoms with E-state index in [2.05, 4.69) is 5.32 Å². The molecule has 2 saturated heterocycles. The van der Waals surface area contributed by atoms with E-state index in [0.29, 0.717) is 52.1 Å². The molecule has 1 amide bonds. The molecule has 7 heteroatoms. The second kappa shape index (κ2) is 8.77. The van der Waals surface area contributed by atoms with Crippen molar-refractivity contribution in [3.8, 4) is 0 Å². The number of rotatable bonds is 5. The molecule has 0 radical (unpaired) electrons. The third-order valence-electron chi connectivity index (χ3n) is 5.21. The van der Waals surface area contributed by atoms with Crippen molar-refractivity contribution in [1.29, 1.82) is 0 Å². The summed E-state index contributed by atoms with van der Waals surface area (Å²) >= 11 is 0. The third kappa shape index (κ3) is 5.14. The number of nitrogens with one attached hydrogen (secondary N) is 1. The molecular weight excluding hydrogens is 340 g/mol. The molecule has 144 valence electrons. The van der Waals surface area contributed by atoms with Crippen LogP contribution in [-0.4, -0.2) is 67.6 Å². The van der Waals surface area contributed by atoms with Crippen molar-refractivity contribution in [2.45, 2.75) is 25.4 Å². The maximum Gasteiger partial charge on any atom is 0.410 e. The molecule has 0 aromatic heterocycles. The van der Waals surface area contributed by atoms with E-state index >= 15 is 0 Å². The molecule has 0 aliphatic carbocycles. The minimum Gasteiger partial charge on any atom is -0.445 e. The molecule has 0 spiro atoms. The number of carbonyl (C=O) groups is 1. The van der Waals surface area contributed by atoms with Crippen molar-refractivity contribution < 1.29 is 18.3 Å². The fourth-order valence-corrected chi connectivity index (χ4v) is 3.57. The average molecular weight is 367 g/mol. The summed E-state index contributed by atoms with van der Waals surface area (Å²) in [6.07, 6.45) is 0.677. The Morgan fingerprint density at radius 2 is 1.77 bits per heavy atom. The Morgan fingerprint density at radius 3 is 2.42 bits per heavy atom. The van der Waals surface area contributed by atoms with Gasteiger partial charge in [-0.05, 0) is 31.5 Å². The molecule has 0 atom stereocenters. The first-order chi connectivity index (χ1) is 12.5. The van der Waals surface area contributed by atoms with E-state index < -0.39 is 11.8 Å². The molecule has 26 heavy (non-hydrogen) atoms. The van der Waals surface area contributed by atoms with Gasteiger partial charge in [0.2, 0.25) is 0 Å². The lowest BCUT2D eigenvalue weighted by atomic mass is 9.91. The first-order valence-electron chi connectivity index (χ1n) is 9.31. The lowest BCUT2D eigenvalue weighted by molar-refractivity contribution is -0.0950. The number of nitrogens with zero attached hydrogens (tertiary/aromatic N) is 2. The van der Waals surface area contributed by atoms with E-state index in [1.165, 1.54) is 0 Å². The number of alkyl halides is 2. The Bertz CT molecular complexity index is 571. The third-order valence-corrected chi connectivity index (χ3v) is 5.21. The van der Waals surface area contributed by atoms with Crippen LogP contribution in [0.5, 0.6) is 0 Å². The maximum atomic E-state index is 14.5. The van der Waals surface area contributed by atoms with Gasteiger partial charge in [0.25, 0.3) is 5.92 Å². The zero-order valence-corrected chi connectivity index (χ0v) is 15.0. The van der Waals surface area contributed by atoms with Gasteiger partial charge in [0.15, 0.2) is 0 Å². The Kier molecular flexibility index (Phi) is 6.43. The largest absolute Gasteiger partial charge is 0.445 e. The van der Waals surface area contributed by atoms with Crippen LogP contribution < -0.4 is 5.32 Å². The molecule has 2 fully saturated rings. The zero-order valence-electron chi connectivity index (χ0n) is 15.0. The van der Waals surface area contributed by atoms with Crippen molar-refractivity contribution in [3.63, 3.8) is 0 Å². The number of hydrogen-bond donors (Lipinski definition) is 1. The highest BCUT2D eigenvalue weighted by atomic mass is 19.3. The number of piperazine rings is 1. The number of piperidine rings is 1. The Hall–Kier alpha value is -1.73. The van der Waals surface area contributed by atoms with Crippen LogP contribution in [0.25, 0.3) is 0 Å². The molecule has 2 aliphatic heterocycles. The summed E-state index contributed by atoms with van der Waals surface area (Å²) in [5.74, 6) is -3.21. The number of carbonyl (C=O) groups excluding carboxylic acids is 1. The molecule has 0 unspecified atom stereocenters. The van der Waals surface area contributed by atoms with Gasteiger partial charge >= 0.3 is 6.09 Å². The van der Waals surface area contributed by atoms with E-state index in [1.807, 2.05) is 30.3 Å². The summed E-state index contributed by atoms with van der Waals surface area (Å²) in [5.41, 5.74) is 0.932. The smallest absolute Gasteiger partial charge is 0.410 e. The molecule has 2 heterocycles. The highest BCUT2D eigenvalue weighted by Gasteiger charge is 2.41. The highest BCUT2D eigenvalue weighted by molar-refractivity contribution is 5.67. The molecular formula is C19H27F2N3O2. The minimum absolute atomic E-state index is 0.218. The van der Waals surface area contributed by atoms with E-state index in [0.717, 1.165) is 5.56 Å². The van der Waals surface area contributed by atoms with Gasteiger partial charge in [-0.1, -0.05) is 30.3 Å². The summed E-state index contributed by atoms with van der Waals surface area (Å²) in [4.78, 5) is 15.5. The molecule has 1 aromatic carbocycles. The van der Waals surface area contributed by atoms with Gasteiger partial charge in [0, 0.05) is 32.1 Å². The lowest BCUT2D eigenvalue weighted by Crippen LogP contribution is -2.53. The molecule has 1 aromatic rings. The summed E-state index contributed by atoms with van der Waals surface area (Å²) in [5, 5.41) is 3.13. The van der Waals surface area contributed by atoms with Crippen LogP contribution in [0.1, 0.15) is 18.4 Å². The minimum atomic E-state index is -2.67. The first kappa shape index (κ1) is 19.0. The second-order valence-corrected chi connectivity index (χ2v) is 7.09. The fourth-order valence-electron chi connectivity index (χ4n) is 3.57. The summed E-state index contributed by atoms with van der Waals surface area (Å²) in [7, 11) is 0. The average Bonchev–Trinajstić information content (AvgIpc) is 2.68. The van der Waals surface area contributed by atoms with Crippen molar-refractivity contribution >= 4 is 6.09 Å². The predicted octanol–water partition coefficient (Wildman–Crippen LogP) is 2.58. The van der Waals surface area contributed by atoms with Crippen molar-refractivity contribution in [1.82, 2.24) is 15.1 Å². The van der Waals surface area contributed by atoms with Crippen LogP contribution >= 0.6 is 0 Å². The number of amides is 1. The quantitative estimate of drug-likeness (QED) is 0.869. The summed E-state index contributed by atoms with van der Waals surface area (Å²) in [6, 6.07) is 9.49. The number of benzene rings is 1. The number of ether oxygens (including phenoxy) is 1. The Labute approximate surface area is 153 Å².